The topological polar surface area (TPSA) is 70.6 Å². The number of ether oxygens (including phenoxy) is 1. The molecule has 1 fully saturated rings. The lowest BCUT2D eigenvalue weighted by atomic mass is 10.1. The van der Waals surface area contributed by atoms with Crippen molar-refractivity contribution in [3.05, 3.63) is 77.5 Å². The smallest absolute Gasteiger partial charge is 0.246 e. The van der Waals surface area contributed by atoms with Crippen LogP contribution in [0.5, 0.6) is 5.75 Å². The van der Waals surface area contributed by atoms with Gasteiger partial charge in [-0.15, -0.1) is 0 Å². The van der Waals surface area contributed by atoms with Crippen molar-refractivity contribution in [3.63, 3.8) is 0 Å². The van der Waals surface area contributed by atoms with E-state index in [0.29, 0.717) is 32.1 Å². The van der Waals surface area contributed by atoms with E-state index in [2.05, 4.69) is 15.2 Å². The Morgan fingerprint density at radius 3 is 2.42 bits per heavy atom. The average molecular weight is 444 g/mol. The minimum Gasteiger partial charge on any atom is -0.497 e. The minimum atomic E-state index is 0.0323. The molecule has 3 aromatic rings. The summed E-state index contributed by atoms with van der Waals surface area (Å²) in [6.45, 7) is 6.65. The fourth-order valence-electron chi connectivity index (χ4n) is 3.75. The Balaban J connectivity index is 1.38. The number of aromatic nitrogens is 2. The third kappa shape index (κ3) is 5.68. The summed E-state index contributed by atoms with van der Waals surface area (Å²) in [6, 6.07) is 17.7. The number of rotatable bonds is 6. The van der Waals surface area contributed by atoms with Crippen LogP contribution in [0.3, 0.4) is 0 Å². The zero-order valence-corrected chi connectivity index (χ0v) is 19.3. The molecule has 0 aliphatic carbocycles. The number of anilines is 3. The van der Waals surface area contributed by atoms with Crippen LogP contribution in [0.4, 0.5) is 17.5 Å². The maximum Gasteiger partial charge on any atom is 0.246 e. The van der Waals surface area contributed by atoms with E-state index in [1.165, 1.54) is 0 Å². The van der Waals surface area contributed by atoms with Crippen molar-refractivity contribution in [2.75, 3.05) is 43.5 Å². The largest absolute Gasteiger partial charge is 0.497 e. The second-order valence-electron chi connectivity index (χ2n) is 8.05. The molecule has 1 N–H and O–H groups in total. The molecular formula is C26H29N5O2. The number of amides is 1. The molecule has 1 amide bonds. The molecule has 7 heteroatoms. The number of carbonyl (C=O) groups excluding carboxylic acids is 1. The Morgan fingerprint density at radius 2 is 1.73 bits per heavy atom. The first-order chi connectivity index (χ1) is 16.0. The Hall–Kier alpha value is -3.87. The molecule has 0 bridgehead atoms. The van der Waals surface area contributed by atoms with Crippen LogP contribution in [0, 0.1) is 13.8 Å². The first-order valence-corrected chi connectivity index (χ1v) is 11.1. The van der Waals surface area contributed by atoms with E-state index >= 15 is 0 Å². The summed E-state index contributed by atoms with van der Waals surface area (Å²) in [4.78, 5) is 26.0. The number of nitrogens with zero attached hydrogens (tertiary/aromatic N) is 4. The Kier molecular flexibility index (Phi) is 6.88. The maximum absolute atomic E-state index is 12.7. The van der Waals surface area contributed by atoms with E-state index in [4.69, 9.17) is 9.72 Å². The van der Waals surface area contributed by atoms with Crippen molar-refractivity contribution < 1.29 is 9.53 Å². The second kappa shape index (κ2) is 10.2. The highest BCUT2D eigenvalue weighted by Crippen LogP contribution is 2.21. The molecule has 2 heterocycles. The number of carbonyl (C=O) groups is 1. The minimum absolute atomic E-state index is 0.0323. The van der Waals surface area contributed by atoms with Gasteiger partial charge >= 0.3 is 0 Å². The molecule has 33 heavy (non-hydrogen) atoms. The molecule has 0 unspecified atom stereocenters. The van der Waals surface area contributed by atoms with Gasteiger partial charge in [-0.25, -0.2) is 4.98 Å². The lowest BCUT2D eigenvalue weighted by Gasteiger charge is -2.34. The highest BCUT2D eigenvalue weighted by Gasteiger charge is 2.22. The van der Waals surface area contributed by atoms with Gasteiger partial charge in [0.15, 0.2) is 0 Å². The van der Waals surface area contributed by atoms with Crippen LogP contribution >= 0.6 is 0 Å². The van der Waals surface area contributed by atoms with Gasteiger partial charge in [-0.3, -0.25) is 4.79 Å². The molecule has 0 atom stereocenters. The number of aryl methyl sites for hydroxylation is 2. The summed E-state index contributed by atoms with van der Waals surface area (Å²) in [7, 11) is 1.65. The van der Waals surface area contributed by atoms with Crippen LogP contribution in [-0.2, 0) is 4.79 Å². The zero-order valence-electron chi connectivity index (χ0n) is 19.3. The van der Waals surface area contributed by atoms with Gasteiger partial charge in [0.25, 0.3) is 0 Å². The molecule has 7 nitrogen and oxygen atoms in total. The fourth-order valence-corrected chi connectivity index (χ4v) is 3.75. The Bertz CT molecular complexity index is 1140. The molecule has 0 saturated carbocycles. The summed E-state index contributed by atoms with van der Waals surface area (Å²) in [5.74, 6) is 2.25. The third-order valence-electron chi connectivity index (χ3n) is 5.67. The summed E-state index contributed by atoms with van der Waals surface area (Å²) < 4.78 is 5.21. The molecule has 1 saturated heterocycles. The van der Waals surface area contributed by atoms with Crippen molar-refractivity contribution in [2.24, 2.45) is 0 Å². The summed E-state index contributed by atoms with van der Waals surface area (Å²) in [5.41, 5.74) is 4.03. The normalized spacial score (nSPS) is 13.9. The predicted molar refractivity (Wildman–Crippen MR) is 132 cm³/mol. The van der Waals surface area contributed by atoms with E-state index in [0.717, 1.165) is 34.1 Å². The summed E-state index contributed by atoms with van der Waals surface area (Å²) in [5, 5.41) is 3.33. The molecule has 1 aromatic heterocycles. The standard InChI is InChI=1S/C26H29N5O2/c1-19-6-4-5-7-21(19)8-13-25(32)30-14-16-31(17-15-30)26-27-20(2)18-24(29-26)28-22-9-11-23(33-3)12-10-22/h4-13,18H,14-17H2,1-3H3,(H,27,28,29)/b13-8+. The van der Waals surface area contributed by atoms with Crippen molar-refractivity contribution in [1.82, 2.24) is 14.9 Å². The van der Waals surface area contributed by atoms with E-state index in [1.807, 2.05) is 79.4 Å². The van der Waals surface area contributed by atoms with Crippen LogP contribution in [0.15, 0.2) is 60.7 Å². The van der Waals surface area contributed by atoms with E-state index in [1.54, 1.807) is 13.2 Å². The lowest BCUT2D eigenvalue weighted by molar-refractivity contribution is -0.126. The van der Waals surface area contributed by atoms with Gasteiger partial charge in [-0.05, 0) is 55.3 Å². The highest BCUT2D eigenvalue weighted by molar-refractivity contribution is 5.92. The molecule has 0 radical (unpaired) electrons. The van der Waals surface area contributed by atoms with Crippen molar-refractivity contribution in [2.45, 2.75) is 13.8 Å². The molecule has 2 aromatic carbocycles. The number of hydrogen-bond acceptors (Lipinski definition) is 6. The summed E-state index contributed by atoms with van der Waals surface area (Å²) >= 11 is 0. The Labute approximate surface area is 194 Å². The first kappa shape index (κ1) is 22.3. The SMILES string of the molecule is COc1ccc(Nc2cc(C)nc(N3CCN(C(=O)/C=C/c4ccccc4C)CC3)n2)cc1. The quantitative estimate of drug-likeness (QED) is 0.576. The van der Waals surface area contributed by atoms with Crippen LogP contribution in [0.2, 0.25) is 0 Å². The first-order valence-electron chi connectivity index (χ1n) is 11.1. The highest BCUT2D eigenvalue weighted by atomic mass is 16.5. The second-order valence-corrected chi connectivity index (χ2v) is 8.05. The molecular weight excluding hydrogens is 414 g/mol. The van der Waals surface area contributed by atoms with Gasteiger partial charge < -0.3 is 19.9 Å². The Morgan fingerprint density at radius 1 is 1.00 bits per heavy atom. The molecule has 4 rings (SSSR count). The number of methoxy groups -OCH3 is 1. The summed E-state index contributed by atoms with van der Waals surface area (Å²) in [6.07, 6.45) is 3.56. The molecule has 0 spiro atoms. The van der Waals surface area contributed by atoms with Gasteiger partial charge in [0, 0.05) is 49.7 Å². The number of hydrogen-bond donors (Lipinski definition) is 1. The lowest BCUT2D eigenvalue weighted by Crippen LogP contribution is -2.48. The van der Waals surface area contributed by atoms with Crippen LogP contribution in [0.25, 0.3) is 6.08 Å². The molecule has 1 aliphatic heterocycles. The number of benzene rings is 2. The molecule has 1 aliphatic rings. The van der Waals surface area contributed by atoms with Crippen molar-refractivity contribution in [3.8, 4) is 5.75 Å². The molecule has 170 valence electrons. The van der Waals surface area contributed by atoms with E-state index in [-0.39, 0.29) is 5.91 Å². The monoisotopic (exact) mass is 443 g/mol. The van der Waals surface area contributed by atoms with Gasteiger partial charge in [0.05, 0.1) is 7.11 Å². The van der Waals surface area contributed by atoms with Gasteiger partial charge in [0.2, 0.25) is 11.9 Å². The van der Waals surface area contributed by atoms with Crippen LogP contribution < -0.4 is 15.0 Å². The van der Waals surface area contributed by atoms with Gasteiger partial charge in [-0.2, -0.15) is 4.98 Å². The maximum atomic E-state index is 12.7. The fraction of sp³-hybridized carbons (Fsp3) is 0.269. The average Bonchev–Trinajstić information content (AvgIpc) is 2.83. The van der Waals surface area contributed by atoms with Crippen LogP contribution in [-0.4, -0.2) is 54.1 Å². The van der Waals surface area contributed by atoms with E-state index in [9.17, 15) is 4.79 Å². The van der Waals surface area contributed by atoms with Crippen molar-refractivity contribution >= 4 is 29.4 Å². The number of nitrogens with one attached hydrogen (secondary N) is 1. The zero-order chi connectivity index (χ0) is 23.2. The van der Waals surface area contributed by atoms with Crippen LogP contribution in [0.1, 0.15) is 16.8 Å². The van der Waals surface area contributed by atoms with Gasteiger partial charge in [0.1, 0.15) is 11.6 Å². The predicted octanol–water partition coefficient (Wildman–Crippen LogP) is 4.21. The van der Waals surface area contributed by atoms with Gasteiger partial charge in [-0.1, -0.05) is 24.3 Å². The third-order valence-corrected chi connectivity index (χ3v) is 5.67. The van der Waals surface area contributed by atoms with E-state index < -0.39 is 0 Å². The van der Waals surface area contributed by atoms with Crippen molar-refractivity contribution in [1.29, 1.82) is 0 Å². The number of piperazine rings is 1.